The van der Waals surface area contributed by atoms with Crippen molar-refractivity contribution in [1.29, 1.82) is 0 Å². The first-order chi connectivity index (χ1) is 9.85. The molecule has 0 aliphatic carbocycles. The average molecular weight is 263 g/mol. The molecule has 0 radical (unpaired) electrons. The molecule has 0 spiro atoms. The molecular formula is C18H17NO. The van der Waals surface area contributed by atoms with Crippen LogP contribution in [0.1, 0.15) is 11.3 Å². The molecular weight excluding hydrogens is 246 g/mol. The Morgan fingerprint density at radius 2 is 1.65 bits per heavy atom. The lowest BCUT2D eigenvalue weighted by atomic mass is 10.1. The highest BCUT2D eigenvalue weighted by Gasteiger charge is 2.00. The zero-order chi connectivity index (χ0) is 13.8. The highest BCUT2D eigenvalue weighted by atomic mass is 16.5. The predicted molar refractivity (Wildman–Crippen MR) is 82.1 cm³/mol. The summed E-state index contributed by atoms with van der Waals surface area (Å²) in [4.78, 5) is 4.70. The maximum atomic E-state index is 5.17. The van der Waals surface area contributed by atoms with E-state index in [4.69, 9.17) is 9.72 Å². The summed E-state index contributed by atoms with van der Waals surface area (Å²) in [5.74, 6) is 0.901. The molecule has 3 aromatic rings. The van der Waals surface area contributed by atoms with E-state index in [1.807, 2.05) is 24.3 Å². The van der Waals surface area contributed by atoms with Gasteiger partial charge in [-0.25, -0.2) is 0 Å². The number of hydrogen-bond donors (Lipinski definition) is 0. The maximum Gasteiger partial charge on any atom is 0.118 e. The second-order valence-electron chi connectivity index (χ2n) is 4.84. The number of aromatic nitrogens is 1. The van der Waals surface area contributed by atoms with Gasteiger partial charge in [0.25, 0.3) is 0 Å². The van der Waals surface area contributed by atoms with Crippen molar-refractivity contribution in [2.24, 2.45) is 0 Å². The first-order valence-corrected chi connectivity index (χ1v) is 6.83. The third-order valence-corrected chi connectivity index (χ3v) is 3.48. The largest absolute Gasteiger partial charge is 0.497 e. The van der Waals surface area contributed by atoms with E-state index in [0.29, 0.717) is 0 Å². The van der Waals surface area contributed by atoms with Crippen LogP contribution in [0, 0.1) is 0 Å². The average Bonchev–Trinajstić information content (AvgIpc) is 2.53. The summed E-state index contributed by atoms with van der Waals surface area (Å²) in [5, 5.41) is 1.20. The number of hydrogen-bond acceptors (Lipinski definition) is 2. The minimum Gasteiger partial charge on any atom is -0.497 e. The second-order valence-corrected chi connectivity index (χ2v) is 4.84. The Bertz CT molecular complexity index is 704. The molecule has 0 bridgehead atoms. The van der Waals surface area contributed by atoms with Crippen LogP contribution in [0.5, 0.6) is 5.75 Å². The van der Waals surface area contributed by atoms with E-state index in [1.54, 1.807) is 7.11 Å². The Labute approximate surface area is 119 Å². The van der Waals surface area contributed by atoms with Crippen LogP contribution in [-0.2, 0) is 12.8 Å². The summed E-state index contributed by atoms with van der Waals surface area (Å²) in [6, 6.07) is 20.7. The first-order valence-electron chi connectivity index (χ1n) is 6.83. The number of para-hydroxylation sites is 1. The topological polar surface area (TPSA) is 22.1 Å². The molecule has 0 atom stereocenters. The molecule has 0 fully saturated rings. The third kappa shape index (κ3) is 2.80. The summed E-state index contributed by atoms with van der Waals surface area (Å²) < 4.78 is 5.17. The Hall–Kier alpha value is -2.35. The summed E-state index contributed by atoms with van der Waals surface area (Å²) >= 11 is 0. The molecule has 0 aliphatic rings. The molecule has 1 aromatic heterocycles. The van der Waals surface area contributed by atoms with Crippen LogP contribution < -0.4 is 4.74 Å². The van der Waals surface area contributed by atoms with Crippen LogP contribution in [0.4, 0.5) is 0 Å². The maximum absolute atomic E-state index is 5.17. The Morgan fingerprint density at radius 3 is 2.45 bits per heavy atom. The van der Waals surface area contributed by atoms with Crippen molar-refractivity contribution in [3.8, 4) is 5.75 Å². The highest BCUT2D eigenvalue weighted by Crippen LogP contribution is 2.15. The zero-order valence-electron chi connectivity index (χ0n) is 11.5. The van der Waals surface area contributed by atoms with Gasteiger partial charge in [-0.2, -0.15) is 0 Å². The Morgan fingerprint density at radius 1 is 0.850 bits per heavy atom. The lowest BCUT2D eigenvalue weighted by molar-refractivity contribution is 0.414. The van der Waals surface area contributed by atoms with Crippen LogP contribution >= 0.6 is 0 Å². The Kier molecular flexibility index (Phi) is 3.64. The Balaban J connectivity index is 1.72. The fourth-order valence-electron chi connectivity index (χ4n) is 2.31. The molecule has 0 aliphatic heterocycles. The van der Waals surface area contributed by atoms with E-state index in [1.165, 1.54) is 10.9 Å². The van der Waals surface area contributed by atoms with Gasteiger partial charge in [0, 0.05) is 11.1 Å². The number of benzene rings is 2. The van der Waals surface area contributed by atoms with Gasteiger partial charge in [0.15, 0.2) is 0 Å². The number of fused-ring (bicyclic) bond motifs is 1. The number of ether oxygens (including phenoxy) is 1. The van der Waals surface area contributed by atoms with Gasteiger partial charge >= 0.3 is 0 Å². The van der Waals surface area contributed by atoms with Crippen molar-refractivity contribution in [3.05, 3.63) is 71.9 Å². The fraction of sp³-hybridized carbons (Fsp3) is 0.167. The smallest absolute Gasteiger partial charge is 0.118 e. The van der Waals surface area contributed by atoms with E-state index in [-0.39, 0.29) is 0 Å². The molecule has 2 nitrogen and oxygen atoms in total. The second kappa shape index (κ2) is 5.74. The van der Waals surface area contributed by atoms with E-state index in [9.17, 15) is 0 Å². The van der Waals surface area contributed by atoms with Gasteiger partial charge in [-0.3, -0.25) is 4.98 Å². The van der Waals surface area contributed by atoms with Gasteiger partial charge in [-0.05, 0) is 42.7 Å². The molecule has 1 heterocycles. The fourth-order valence-corrected chi connectivity index (χ4v) is 2.31. The molecule has 100 valence electrons. The van der Waals surface area contributed by atoms with Gasteiger partial charge in [0.2, 0.25) is 0 Å². The van der Waals surface area contributed by atoms with E-state index in [0.717, 1.165) is 29.8 Å². The normalized spacial score (nSPS) is 10.7. The van der Waals surface area contributed by atoms with E-state index >= 15 is 0 Å². The zero-order valence-corrected chi connectivity index (χ0v) is 11.5. The van der Waals surface area contributed by atoms with Crippen LogP contribution in [0.2, 0.25) is 0 Å². The van der Waals surface area contributed by atoms with Gasteiger partial charge in [-0.15, -0.1) is 0 Å². The quantitative estimate of drug-likeness (QED) is 0.709. The van der Waals surface area contributed by atoms with Crippen molar-refractivity contribution in [1.82, 2.24) is 4.98 Å². The van der Waals surface area contributed by atoms with Crippen LogP contribution in [0.3, 0.4) is 0 Å². The van der Waals surface area contributed by atoms with E-state index in [2.05, 4.69) is 36.4 Å². The van der Waals surface area contributed by atoms with Crippen LogP contribution in [0.15, 0.2) is 60.7 Å². The molecule has 0 saturated heterocycles. The molecule has 0 saturated carbocycles. The summed E-state index contributed by atoms with van der Waals surface area (Å²) in [6.45, 7) is 0. The summed E-state index contributed by atoms with van der Waals surface area (Å²) in [7, 11) is 1.69. The number of nitrogens with zero attached hydrogens (tertiary/aromatic N) is 1. The van der Waals surface area contributed by atoms with Crippen LogP contribution in [0.25, 0.3) is 10.9 Å². The lowest BCUT2D eigenvalue weighted by Crippen LogP contribution is -1.95. The van der Waals surface area contributed by atoms with Gasteiger partial charge in [0.05, 0.1) is 12.6 Å². The molecule has 3 rings (SSSR count). The number of rotatable bonds is 4. The van der Waals surface area contributed by atoms with E-state index < -0.39 is 0 Å². The molecule has 0 unspecified atom stereocenters. The van der Waals surface area contributed by atoms with Crippen molar-refractivity contribution in [2.75, 3.05) is 7.11 Å². The van der Waals surface area contributed by atoms with Gasteiger partial charge < -0.3 is 4.74 Å². The summed E-state index contributed by atoms with van der Waals surface area (Å²) in [5.41, 5.74) is 3.51. The van der Waals surface area contributed by atoms with Crippen molar-refractivity contribution in [3.63, 3.8) is 0 Å². The molecule has 0 amide bonds. The molecule has 20 heavy (non-hydrogen) atoms. The number of aryl methyl sites for hydroxylation is 2. The summed E-state index contributed by atoms with van der Waals surface area (Å²) in [6.07, 6.45) is 1.95. The minimum atomic E-state index is 0.901. The lowest BCUT2D eigenvalue weighted by Gasteiger charge is -2.05. The molecule has 2 heteroatoms. The first kappa shape index (κ1) is 12.7. The third-order valence-electron chi connectivity index (χ3n) is 3.48. The SMILES string of the molecule is COc1ccc(CCc2ccc3ccccc3n2)cc1. The van der Waals surface area contributed by atoms with Crippen molar-refractivity contribution in [2.45, 2.75) is 12.8 Å². The highest BCUT2D eigenvalue weighted by molar-refractivity contribution is 5.78. The van der Waals surface area contributed by atoms with Crippen molar-refractivity contribution < 1.29 is 4.74 Å². The van der Waals surface area contributed by atoms with Gasteiger partial charge in [-0.1, -0.05) is 36.4 Å². The van der Waals surface area contributed by atoms with Crippen LogP contribution in [-0.4, -0.2) is 12.1 Å². The number of methoxy groups -OCH3 is 1. The van der Waals surface area contributed by atoms with Crippen molar-refractivity contribution >= 4 is 10.9 Å². The minimum absolute atomic E-state index is 0.901. The number of pyridine rings is 1. The predicted octanol–water partition coefficient (Wildman–Crippen LogP) is 4.03. The molecule has 0 N–H and O–H groups in total. The monoisotopic (exact) mass is 263 g/mol. The standard InChI is InChI=1S/C18H17NO/c1-20-17-12-7-14(8-13-17)6-10-16-11-9-15-4-2-3-5-18(15)19-16/h2-5,7-9,11-13H,6,10H2,1H3. The molecule has 2 aromatic carbocycles. The van der Waals surface area contributed by atoms with Gasteiger partial charge in [0.1, 0.15) is 5.75 Å².